The highest BCUT2D eigenvalue weighted by Crippen LogP contribution is 2.20. The van der Waals surface area contributed by atoms with Crippen LogP contribution in [0.4, 0.5) is 11.4 Å². The van der Waals surface area contributed by atoms with Gasteiger partial charge in [0.05, 0.1) is 18.2 Å². The van der Waals surface area contributed by atoms with Crippen LogP contribution in [0.5, 0.6) is 0 Å². The van der Waals surface area contributed by atoms with Gasteiger partial charge in [-0.3, -0.25) is 9.59 Å². The Labute approximate surface area is 163 Å². The number of hydrogen-bond donors (Lipinski definition) is 3. The summed E-state index contributed by atoms with van der Waals surface area (Å²) in [6.07, 6.45) is 1.02. The monoisotopic (exact) mass is 387 g/mol. The van der Waals surface area contributed by atoms with E-state index in [4.69, 9.17) is 11.6 Å². The van der Waals surface area contributed by atoms with E-state index < -0.39 is 6.10 Å². The van der Waals surface area contributed by atoms with E-state index in [2.05, 4.69) is 10.6 Å². The van der Waals surface area contributed by atoms with Crippen LogP contribution >= 0.6 is 11.6 Å². The molecule has 0 radical (unpaired) electrons. The van der Waals surface area contributed by atoms with Crippen molar-refractivity contribution >= 4 is 34.8 Å². The fraction of sp³-hybridized carbons (Fsp3) is 0.300. The number of β-amino-alcohol motifs (C(OH)–C–C–N with tert-alkyl or cyclic N) is 1. The van der Waals surface area contributed by atoms with Crippen LogP contribution in [-0.2, 0) is 4.79 Å². The highest BCUT2D eigenvalue weighted by atomic mass is 35.5. The van der Waals surface area contributed by atoms with Crippen molar-refractivity contribution < 1.29 is 14.7 Å². The van der Waals surface area contributed by atoms with E-state index in [-0.39, 0.29) is 18.4 Å². The fourth-order valence-electron chi connectivity index (χ4n) is 3.08. The predicted octanol–water partition coefficient (Wildman–Crippen LogP) is 2.99. The van der Waals surface area contributed by atoms with Crippen LogP contribution in [0.25, 0.3) is 0 Å². The minimum atomic E-state index is -0.480. The van der Waals surface area contributed by atoms with Gasteiger partial charge in [-0.05, 0) is 43.2 Å². The van der Waals surface area contributed by atoms with Crippen LogP contribution in [0.3, 0.4) is 0 Å². The first-order valence-electron chi connectivity index (χ1n) is 8.88. The smallest absolute Gasteiger partial charge is 0.256 e. The molecule has 6 nitrogen and oxygen atoms in total. The van der Waals surface area contributed by atoms with Crippen LogP contribution in [0.1, 0.15) is 23.2 Å². The number of nitrogens with zero attached hydrogens (tertiary/aromatic N) is 1. The summed E-state index contributed by atoms with van der Waals surface area (Å²) >= 11 is 5.91. The van der Waals surface area contributed by atoms with Crippen molar-refractivity contribution in [2.75, 3.05) is 30.3 Å². The minimum Gasteiger partial charge on any atom is -0.391 e. The Morgan fingerprint density at radius 3 is 2.78 bits per heavy atom. The number of benzene rings is 2. The first kappa shape index (κ1) is 19.2. The Kier molecular flexibility index (Phi) is 6.32. The topological polar surface area (TPSA) is 81.7 Å². The molecule has 0 spiro atoms. The highest BCUT2D eigenvalue weighted by molar-refractivity contribution is 6.30. The maximum atomic E-state index is 12.8. The summed E-state index contributed by atoms with van der Waals surface area (Å²) in [5, 5.41) is 16.1. The minimum absolute atomic E-state index is 0.0133. The first-order chi connectivity index (χ1) is 13.0. The molecule has 1 fully saturated rings. The molecule has 0 saturated carbocycles. The van der Waals surface area contributed by atoms with Crippen LogP contribution < -0.4 is 10.6 Å². The zero-order valence-corrected chi connectivity index (χ0v) is 15.6. The lowest BCUT2D eigenvalue weighted by atomic mass is 10.1. The van der Waals surface area contributed by atoms with Crippen molar-refractivity contribution in [2.24, 2.45) is 0 Å². The molecule has 1 aliphatic rings. The molecule has 2 aromatic carbocycles. The van der Waals surface area contributed by atoms with Gasteiger partial charge >= 0.3 is 0 Å². The fourth-order valence-corrected chi connectivity index (χ4v) is 3.27. The number of anilines is 2. The molecule has 1 atom stereocenters. The Morgan fingerprint density at radius 1 is 1.19 bits per heavy atom. The lowest BCUT2D eigenvalue weighted by molar-refractivity contribution is -0.114. The van der Waals surface area contributed by atoms with Crippen LogP contribution in [0, 0.1) is 0 Å². The number of carbonyl (C=O) groups excluding carboxylic acids is 2. The molecule has 7 heteroatoms. The Balaban J connectivity index is 1.63. The summed E-state index contributed by atoms with van der Waals surface area (Å²) in [7, 11) is 0. The molecule has 2 aromatic rings. The van der Waals surface area contributed by atoms with Gasteiger partial charge in [0, 0.05) is 29.5 Å². The third-order valence-corrected chi connectivity index (χ3v) is 4.62. The van der Waals surface area contributed by atoms with E-state index in [1.54, 1.807) is 53.4 Å². The maximum absolute atomic E-state index is 12.8. The molecule has 1 unspecified atom stereocenters. The third-order valence-electron chi connectivity index (χ3n) is 4.39. The van der Waals surface area contributed by atoms with Crippen LogP contribution in [0.2, 0.25) is 5.02 Å². The van der Waals surface area contributed by atoms with E-state index >= 15 is 0 Å². The first-order valence-corrected chi connectivity index (χ1v) is 9.26. The Bertz CT molecular complexity index is 828. The van der Waals surface area contributed by atoms with Crippen molar-refractivity contribution in [3.05, 3.63) is 59.1 Å². The van der Waals surface area contributed by atoms with Gasteiger partial charge in [0.2, 0.25) is 5.91 Å². The third kappa shape index (κ3) is 5.21. The molecule has 0 bridgehead atoms. The quantitative estimate of drug-likeness (QED) is 0.736. The van der Waals surface area contributed by atoms with Crippen molar-refractivity contribution in [2.45, 2.75) is 18.9 Å². The second-order valence-corrected chi connectivity index (χ2v) is 6.94. The second-order valence-electron chi connectivity index (χ2n) is 6.50. The van der Waals surface area contributed by atoms with Gasteiger partial charge in [-0.15, -0.1) is 0 Å². The van der Waals surface area contributed by atoms with Crippen molar-refractivity contribution in [1.82, 2.24) is 4.90 Å². The van der Waals surface area contributed by atoms with E-state index in [1.807, 2.05) is 0 Å². The maximum Gasteiger partial charge on any atom is 0.256 e. The summed E-state index contributed by atoms with van der Waals surface area (Å²) in [5.41, 5.74) is 1.69. The molecule has 3 rings (SSSR count). The molecule has 1 saturated heterocycles. The highest BCUT2D eigenvalue weighted by Gasteiger charge is 2.24. The molecule has 0 aliphatic carbocycles. The van der Waals surface area contributed by atoms with Gasteiger partial charge in [0.15, 0.2) is 0 Å². The average molecular weight is 388 g/mol. The molecule has 142 valence electrons. The van der Waals surface area contributed by atoms with Gasteiger partial charge in [-0.1, -0.05) is 29.8 Å². The molecule has 1 heterocycles. The zero-order chi connectivity index (χ0) is 19.2. The molecule has 0 aromatic heterocycles. The number of piperidine rings is 1. The summed E-state index contributed by atoms with van der Waals surface area (Å²) in [6, 6.07) is 14.0. The SMILES string of the molecule is O=C(CNc1ccccc1C(=O)N1CCCC(O)C1)Nc1cccc(Cl)c1. The Morgan fingerprint density at radius 2 is 2.00 bits per heavy atom. The van der Waals surface area contributed by atoms with Gasteiger partial charge in [0.1, 0.15) is 0 Å². The largest absolute Gasteiger partial charge is 0.391 e. The standard InChI is InChI=1S/C20H22ClN3O3/c21-14-5-3-6-15(11-14)23-19(26)12-22-18-9-2-1-8-17(18)20(27)24-10-4-7-16(25)13-24/h1-3,5-6,8-9,11,16,22,25H,4,7,10,12-13H2,(H,23,26). The number of likely N-dealkylation sites (tertiary alicyclic amines) is 1. The Hall–Kier alpha value is -2.57. The number of hydrogen-bond acceptors (Lipinski definition) is 4. The number of halogens is 1. The van der Waals surface area contributed by atoms with E-state index in [0.29, 0.717) is 41.5 Å². The molecule has 1 aliphatic heterocycles. The van der Waals surface area contributed by atoms with Crippen LogP contribution in [-0.4, -0.2) is 47.6 Å². The summed E-state index contributed by atoms with van der Waals surface area (Å²) in [4.78, 5) is 26.6. The number of nitrogens with one attached hydrogen (secondary N) is 2. The van der Waals surface area contributed by atoms with E-state index in [0.717, 1.165) is 6.42 Å². The van der Waals surface area contributed by atoms with Crippen LogP contribution in [0.15, 0.2) is 48.5 Å². The predicted molar refractivity (Wildman–Crippen MR) is 106 cm³/mol. The number of para-hydroxylation sites is 1. The zero-order valence-electron chi connectivity index (χ0n) is 14.8. The number of rotatable bonds is 5. The van der Waals surface area contributed by atoms with Gasteiger partial charge in [-0.2, -0.15) is 0 Å². The average Bonchev–Trinajstić information content (AvgIpc) is 2.66. The van der Waals surface area contributed by atoms with E-state index in [9.17, 15) is 14.7 Å². The molecule has 3 N–H and O–H groups in total. The number of carbonyl (C=O) groups is 2. The second kappa shape index (κ2) is 8.88. The lowest BCUT2D eigenvalue weighted by Crippen LogP contribution is -2.42. The van der Waals surface area contributed by atoms with Gasteiger partial charge in [-0.25, -0.2) is 0 Å². The lowest BCUT2D eigenvalue weighted by Gasteiger charge is -2.30. The summed E-state index contributed by atoms with van der Waals surface area (Å²) < 4.78 is 0. The molecule has 27 heavy (non-hydrogen) atoms. The molecular weight excluding hydrogens is 366 g/mol. The van der Waals surface area contributed by atoms with Crippen molar-refractivity contribution in [1.29, 1.82) is 0 Å². The van der Waals surface area contributed by atoms with Crippen molar-refractivity contribution in [3.8, 4) is 0 Å². The number of aliphatic hydroxyl groups is 1. The normalized spacial score (nSPS) is 16.7. The number of amides is 2. The van der Waals surface area contributed by atoms with Crippen molar-refractivity contribution in [3.63, 3.8) is 0 Å². The van der Waals surface area contributed by atoms with Gasteiger partial charge in [0.25, 0.3) is 5.91 Å². The summed E-state index contributed by atoms with van der Waals surface area (Å²) in [5.74, 6) is -0.389. The number of aliphatic hydroxyl groups excluding tert-OH is 1. The molecule has 2 amide bonds. The van der Waals surface area contributed by atoms with E-state index in [1.165, 1.54) is 0 Å². The molecular formula is C20H22ClN3O3. The van der Waals surface area contributed by atoms with Gasteiger partial charge < -0.3 is 20.6 Å². The summed E-state index contributed by atoms with van der Waals surface area (Å²) in [6.45, 7) is 0.974.